The van der Waals surface area contributed by atoms with Gasteiger partial charge in [-0.25, -0.2) is 0 Å². The lowest BCUT2D eigenvalue weighted by atomic mass is 9.82. The van der Waals surface area contributed by atoms with Gasteiger partial charge in [0.15, 0.2) is 0 Å². The second kappa shape index (κ2) is 5.19. The Morgan fingerprint density at radius 3 is 2.82 bits per heavy atom. The summed E-state index contributed by atoms with van der Waals surface area (Å²) in [6.07, 6.45) is 1.44. The molecule has 0 heterocycles. The van der Waals surface area contributed by atoms with Gasteiger partial charge in [0.2, 0.25) is 0 Å². The molecule has 17 heavy (non-hydrogen) atoms. The highest BCUT2D eigenvalue weighted by atomic mass is 79.9. The maximum absolute atomic E-state index is 11.9. The minimum atomic E-state index is -0.164. The number of aryl methyl sites for hydroxylation is 1. The summed E-state index contributed by atoms with van der Waals surface area (Å²) < 4.78 is 0.823. The molecule has 1 amide bonds. The van der Waals surface area contributed by atoms with Crippen molar-refractivity contribution in [2.45, 2.75) is 25.9 Å². The lowest BCUT2D eigenvalue weighted by Crippen LogP contribution is -2.38. The maximum Gasteiger partial charge on any atom is 0.252 e. The molecule has 0 spiro atoms. The number of nitrogens with one attached hydrogen (secondary N) is 1. The zero-order valence-electron chi connectivity index (χ0n) is 9.74. The van der Waals surface area contributed by atoms with Crippen LogP contribution in [0.15, 0.2) is 22.7 Å². The minimum Gasteiger partial charge on any atom is -0.393 e. The molecule has 0 aliphatic heterocycles. The van der Waals surface area contributed by atoms with Crippen molar-refractivity contribution in [2.24, 2.45) is 5.92 Å². The van der Waals surface area contributed by atoms with Gasteiger partial charge >= 0.3 is 0 Å². The van der Waals surface area contributed by atoms with E-state index in [0.29, 0.717) is 18.0 Å². The lowest BCUT2D eigenvalue weighted by Gasteiger charge is -2.31. The first-order valence-electron chi connectivity index (χ1n) is 5.78. The van der Waals surface area contributed by atoms with Crippen LogP contribution in [-0.4, -0.2) is 23.7 Å². The van der Waals surface area contributed by atoms with Crippen LogP contribution in [0.3, 0.4) is 0 Å². The second-order valence-corrected chi connectivity index (χ2v) is 5.54. The van der Waals surface area contributed by atoms with E-state index in [1.807, 2.05) is 25.1 Å². The van der Waals surface area contributed by atoms with Crippen molar-refractivity contribution in [1.29, 1.82) is 0 Å². The van der Waals surface area contributed by atoms with Gasteiger partial charge in [-0.15, -0.1) is 0 Å². The number of hydrogen-bond acceptors (Lipinski definition) is 2. The normalized spacial score (nSPS) is 23.0. The monoisotopic (exact) mass is 297 g/mol. The zero-order chi connectivity index (χ0) is 12.4. The number of carbonyl (C=O) groups is 1. The fourth-order valence-electron chi connectivity index (χ4n) is 2.00. The van der Waals surface area contributed by atoms with E-state index in [2.05, 4.69) is 21.2 Å². The van der Waals surface area contributed by atoms with Crippen LogP contribution in [0.1, 0.15) is 28.8 Å². The van der Waals surface area contributed by atoms with Crippen LogP contribution in [-0.2, 0) is 0 Å². The first-order valence-corrected chi connectivity index (χ1v) is 6.58. The number of benzene rings is 1. The molecular weight excluding hydrogens is 282 g/mol. The molecule has 1 aliphatic rings. The molecule has 2 rings (SSSR count). The average Bonchev–Trinajstić information content (AvgIpc) is 2.22. The highest BCUT2D eigenvalue weighted by molar-refractivity contribution is 9.10. The summed E-state index contributed by atoms with van der Waals surface area (Å²) in [7, 11) is 0. The molecule has 1 aromatic rings. The Morgan fingerprint density at radius 2 is 2.24 bits per heavy atom. The predicted octanol–water partition coefficient (Wildman–Crippen LogP) is 2.26. The van der Waals surface area contributed by atoms with Crippen LogP contribution in [0.25, 0.3) is 0 Å². The maximum atomic E-state index is 11.9. The van der Waals surface area contributed by atoms with Gasteiger partial charge in [-0.1, -0.05) is 6.07 Å². The number of halogens is 1. The standard InChI is InChI=1S/C13H16BrNO2/c1-8-2-3-11(12(14)4-8)13(17)15-7-9-5-10(16)6-9/h2-4,9-10,16H,5-7H2,1H3,(H,15,17). The van der Waals surface area contributed by atoms with Gasteiger partial charge in [0, 0.05) is 11.0 Å². The van der Waals surface area contributed by atoms with Gasteiger partial charge < -0.3 is 10.4 Å². The third-order valence-corrected chi connectivity index (χ3v) is 3.79. The Hall–Kier alpha value is -0.870. The predicted molar refractivity (Wildman–Crippen MR) is 69.9 cm³/mol. The third kappa shape index (κ3) is 3.07. The summed E-state index contributed by atoms with van der Waals surface area (Å²) in [6, 6.07) is 5.68. The number of amides is 1. The first kappa shape index (κ1) is 12.6. The smallest absolute Gasteiger partial charge is 0.252 e. The van der Waals surface area contributed by atoms with Crippen molar-refractivity contribution in [3.8, 4) is 0 Å². The third-order valence-electron chi connectivity index (χ3n) is 3.13. The van der Waals surface area contributed by atoms with Crippen LogP contribution < -0.4 is 5.32 Å². The molecule has 4 heteroatoms. The summed E-state index contributed by atoms with van der Waals surface area (Å²) in [4.78, 5) is 11.9. The van der Waals surface area contributed by atoms with Crippen molar-refractivity contribution < 1.29 is 9.90 Å². The fourth-order valence-corrected chi connectivity index (χ4v) is 2.68. The molecule has 1 saturated carbocycles. The average molecular weight is 298 g/mol. The topological polar surface area (TPSA) is 49.3 Å². The quantitative estimate of drug-likeness (QED) is 0.899. The summed E-state index contributed by atoms with van der Waals surface area (Å²) in [5.74, 6) is 0.372. The first-order chi connectivity index (χ1) is 8.06. The van der Waals surface area contributed by atoms with Gasteiger partial charge in [-0.3, -0.25) is 4.79 Å². The van der Waals surface area contributed by atoms with E-state index in [1.54, 1.807) is 0 Å². The summed E-state index contributed by atoms with van der Waals surface area (Å²) in [5.41, 5.74) is 1.78. The summed E-state index contributed by atoms with van der Waals surface area (Å²) in [5, 5.41) is 12.1. The molecule has 0 radical (unpaired) electrons. The molecule has 0 atom stereocenters. The molecule has 3 nitrogen and oxygen atoms in total. The molecule has 0 unspecified atom stereocenters. The van der Waals surface area contributed by atoms with Crippen LogP contribution in [0.2, 0.25) is 0 Å². The highest BCUT2D eigenvalue weighted by Crippen LogP contribution is 2.26. The van der Waals surface area contributed by atoms with Crippen molar-refractivity contribution in [3.63, 3.8) is 0 Å². The number of aliphatic hydroxyl groups excluding tert-OH is 1. The van der Waals surface area contributed by atoms with E-state index >= 15 is 0 Å². The lowest BCUT2D eigenvalue weighted by molar-refractivity contribution is 0.0420. The van der Waals surface area contributed by atoms with Crippen LogP contribution in [0.4, 0.5) is 0 Å². The zero-order valence-corrected chi connectivity index (χ0v) is 11.3. The number of hydrogen-bond donors (Lipinski definition) is 2. The van der Waals surface area contributed by atoms with Crippen molar-refractivity contribution in [1.82, 2.24) is 5.32 Å². The van der Waals surface area contributed by atoms with E-state index < -0.39 is 0 Å². The van der Waals surface area contributed by atoms with Gasteiger partial charge in [0.05, 0.1) is 11.7 Å². The molecule has 0 aromatic heterocycles. The van der Waals surface area contributed by atoms with Crippen molar-refractivity contribution >= 4 is 21.8 Å². The molecule has 1 aromatic carbocycles. The van der Waals surface area contributed by atoms with Crippen LogP contribution >= 0.6 is 15.9 Å². The van der Waals surface area contributed by atoms with E-state index in [-0.39, 0.29) is 12.0 Å². The fraction of sp³-hybridized carbons (Fsp3) is 0.462. The Bertz CT molecular complexity index is 427. The molecule has 92 valence electrons. The minimum absolute atomic E-state index is 0.0572. The number of rotatable bonds is 3. The van der Waals surface area contributed by atoms with E-state index in [0.717, 1.165) is 22.9 Å². The van der Waals surface area contributed by atoms with Gasteiger partial charge in [-0.2, -0.15) is 0 Å². The Kier molecular flexibility index (Phi) is 3.84. The van der Waals surface area contributed by atoms with Crippen LogP contribution in [0.5, 0.6) is 0 Å². The van der Waals surface area contributed by atoms with E-state index in [4.69, 9.17) is 5.11 Å². The molecule has 0 saturated heterocycles. The van der Waals surface area contributed by atoms with Gasteiger partial charge in [0.1, 0.15) is 0 Å². The summed E-state index contributed by atoms with van der Waals surface area (Å²) >= 11 is 3.39. The van der Waals surface area contributed by atoms with Crippen molar-refractivity contribution in [2.75, 3.05) is 6.54 Å². The van der Waals surface area contributed by atoms with Crippen LogP contribution in [0, 0.1) is 12.8 Å². The van der Waals surface area contributed by atoms with E-state index in [9.17, 15) is 4.79 Å². The van der Waals surface area contributed by atoms with Gasteiger partial charge in [-0.05, 0) is 59.3 Å². The molecule has 2 N–H and O–H groups in total. The van der Waals surface area contributed by atoms with Gasteiger partial charge in [0.25, 0.3) is 5.91 Å². The molecule has 0 bridgehead atoms. The SMILES string of the molecule is Cc1ccc(C(=O)NCC2CC(O)C2)c(Br)c1. The highest BCUT2D eigenvalue weighted by Gasteiger charge is 2.27. The van der Waals surface area contributed by atoms with Crippen molar-refractivity contribution in [3.05, 3.63) is 33.8 Å². The van der Waals surface area contributed by atoms with E-state index in [1.165, 1.54) is 0 Å². The largest absolute Gasteiger partial charge is 0.393 e. The Balaban J connectivity index is 1.91. The second-order valence-electron chi connectivity index (χ2n) is 4.68. The molecular formula is C13H16BrNO2. The number of aliphatic hydroxyl groups is 1. The molecule has 1 aliphatic carbocycles. The number of carbonyl (C=O) groups excluding carboxylic acids is 1. The Labute approximate surface area is 109 Å². The summed E-state index contributed by atoms with van der Waals surface area (Å²) in [6.45, 7) is 2.64. The Morgan fingerprint density at radius 1 is 1.53 bits per heavy atom. The molecule has 1 fully saturated rings.